The van der Waals surface area contributed by atoms with Crippen LogP contribution in [-0.4, -0.2) is 38.4 Å². The van der Waals surface area contributed by atoms with Crippen molar-refractivity contribution in [1.82, 2.24) is 14.9 Å². The van der Waals surface area contributed by atoms with E-state index in [1.54, 1.807) is 17.5 Å². The van der Waals surface area contributed by atoms with Crippen LogP contribution >= 0.6 is 11.3 Å². The molecule has 0 fully saturated rings. The summed E-state index contributed by atoms with van der Waals surface area (Å²) in [5.74, 6) is 0. The van der Waals surface area contributed by atoms with Gasteiger partial charge in [0.25, 0.3) is 0 Å². The van der Waals surface area contributed by atoms with Gasteiger partial charge in [0.1, 0.15) is 0 Å². The van der Waals surface area contributed by atoms with Gasteiger partial charge in [-0.15, -0.1) is 11.3 Å². The standard InChI is InChI=1S/C19H22N4OS2/c1-13(14-3-4-19-18(10-14)22-12-25-19)23-7-5-15-9-16(26(2,20)24)11-21-17(15)6-8-23/h3-4,9-13,20H,5-8H2,1-2H3. The van der Waals surface area contributed by atoms with Gasteiger partial charge in [0.05, 0.1) is 30.4 Å². The first kappa shape index (κ1) is 17.6. The van der Waals surface area contributed by atoms with Crippen molar-refractivity contribution in [3.8, 4) is 0 Å². The second kappa shape index (κ2) is 6.72. The van der Waals surface area contributed by atoms with Gasteiger partial charge in [-0.3, -0.25) is 9.88 Å². The van der Waals surface area contributed by atoms with E-state index >= 15 is 0 Å². The van der Waals surface area contributed by atoms with Gasteiger partial charge >= 0.3 is 0 Å². The highest BCUT2D eigenvalue weighted by atomic mass is 32.2. The number of nitrogens with zero attached hydrogens (tertiary/aromatic N) is 3. The predicted molar refractivity (Wildman–Crippen MR) is 106 cm³/mol. The van der Waals surface area contributed by atoms with Crippen molar-refractivity contribution in [2.45, 2.75) is 30.7 Å². The fraction of sp³-hybridized carbons (Fsp3) is 0.368. The van der Waals surface area contributed by atoms with Crippen molar-refractivity contribution in [1.29, 1.82) is 4.78 Å². The number of fused-ring (bicyclic) bond motifs is 2. The summed E-state index contributed by atoms with van der Waals surface area (Å²) >= 11 is 1.67. The Morgan fingerprint density at radius 3 is 2.85 bits per heavy atom. The molecule has 7 heteroatoms. The third kappa shape index (κ3) is 3.39. The Balaban J connectivity index is 1.56. The molecule has 2 atom stereocenters. The summed E-state index contributed by atoms with van der Waals surface area (Å²) in [6, 6.07) is 8.78. The van der Waals surface area contributed by atoms with Crippen LogP contribution in [0.3, 0.4) is 0 Å². The van der Waals surface area contributed by atoms with Gasteiger partial charge in [-0.1, -0.05) is 6.07 Å². The van der Waals surface area contributed by atoms with Crippen molar-refractivity contribution < 1.29 is 4.21 Å². The Morgan fingerprint density at radius 2 is 2.04 bits per heavy atom. The van der Waals surface area contributed by atoms with Crippen LogP contribution in [-0.2, 0) is 22.6 Å². The van der Waals surface area contributed by atoms with Gasteiger partial charge in [-0.2, -0.15) is 0 Å². The van der Waals surface area contributed by atoms with Gasteiger partial charge in [0, 0.05) is 43.7 Å². The van der Waals surface area contributed by atoms with Gasteiger partial charge in [0.15, 0.2) is 0 Å². The van der Waals surface area contributed by atoms with Gasteiger partial charge in [-0.05, 0) is 42.7 Å². The van der Waals surface area contributed by atoms with E-state index in [2.05, 4.69) is 40.0 Å². The van der Waals surface area contributed by atoms with Crippen molar-refractivity contribution in [2.75, 3.05) is 19.3 Å². The number of thiazole rings is 1. The van der Waals surface area contributed by atoms with Crippen LogP contribution in [0.25, 0.3) is 10.2 Å². The van der Waals surface area contributed by atoms with Gasteiger partial charge in [-0.25, -0.2) is 14.0 Å². The first-order chi connectivity index (χ1) is 12.4. The Labute approximate surface area is 158 Å². The van der Waals surface area contributed by atoms with Crippen LogP contribution < -0.4 is 0 Å². The normalized spacial score (nSPS) is 18.8. The van der Waals surface area contributed by atoms with Gasteiger partial charge in [0.2, 0.25) is 0 Å². The van der Waals surface area contributed by atoms with Crippen LogP contribution in [0.1, 0.15) is 29.8 Å². The van der Waals surface area contributed by atoms with E-state index in [9.17, 15) is 4.21 Å². The van der Waals surface area contributed by atoms with Gasteiger partial charge < -0.3 is 0 Å². The smallest absolute Gasteiger partial charge is 0.0815 e. The molecule has 1 aliphatic rings. The van der Waals surface area contributed by atoms with Crippen LogP contribution in [0.15, 0.2) is 40.9 Å². The van der Waals surface area contributed by atoms with Crippen molar-refractivity contribution >= 4 is 31.3 Å². The number of benzene rings is 1. The minimum absolute atomic E-state index is 0.307. The summed E-state index contributed by atoms with van der Waals surface area (Å²) in [4.78, 5) is 12.0. The summed E-state index contributed by atoms with van der Waals surface area (Å²) in [5, 5.41) is 0. The molecular formula is C19H22N4OS2. The molecule has 4 rings (SSSR count). The number of pyridine rings is 1. The van der Waals surface area contributed by atoms with E-state index in [-0.39, 0.29) is 0 Å². The third-order valence-electron chi connectivity index (χ3n) is 5.17. The number of aromatic nitrogens is 2. The van der Waals surface area contributed by atoms with E-state index < -0.39 is 9.73 Å². The van der Waals surface area contributed by atoms with Crippen molar-refractivity contribution in [3.05, 3.63) is 52.8 Å². The fourth-order valence-electron chi connectivity index (χ4n) is 3.53. The molecule has 0 bridgehead atoms. The number of rotatable bonds is 3. The highest BCUT2D eigenvalue weighted by molar-refractivity contribution is 7.91. The summed E-state index contributed by atoms with van der Waals surface area (Å²) in [7, 11) is -2.72. The minimum Gasteiger partial charge on any atom is -0.296 e. The van der Waals surface area contributed by atoms with Crippen LogP contribution in [0.4, 0.5) is 0 Å². The molecule has 0 saturated heterocycles. The van der Waals surface area contributed by atoms with Crippen molar-refractivity contribution in [2.24, 2.45) is 0 Å². The molecule has 2 aromatic heterocycles. The number of hydrogen-bond acceptors (Lipinski definition) is 6. The molecule has 3 aromatic rings. The molecule has 1 aliphatic heterocycles. The number of nitrogens with one attached hydrogen (secondary N) is 1. The minimum atomic E-state index is -2.72. The zero-order valence-electron chi connectivity index (χ0n) is 14.9. The molecule has 0 radical (unpaired) electrons. The lowest BCUT2D eigenvalue weighted by molar-refractivity contribution is 0.221. The maximum atomic E-state index is 12.0. The second-order valence-electron chi connectivity index (χ2n) is 6.91. The van der Waals surface area contributed by atoms with Crippen LogP contribution in [0, 0.1) is 4.78 Å². The SMILES string of the molecule is CC(c1ccc2scnc2c1)N1CCc2cc(S(C)(=N)=O)cnc2CC1. The monoisotopic (exact) mass is 386 g/mol. The lowest BCUT2D eigenvalue weighted by atomic mass is 10.1. The Bertz CT molecular complexity index is 1060. The summed E-state index contributed by atoms with van der Waals surface area (Å²) < 4.78 is 21.0. The predicted octanol–water partition coefficient (Wildman–Crippen LogP) is 3.89. The van der Waals surface area contributed by atoms with E-state index in [1.807, 2.05) is 11.6 Å². The Morgan fingerprint density at radius 1 is 1.23 bits per heavy atom. The molecule has 5 nitrogen and oxygen atoms in total. The van der Waals surface area contributed by atoms with E-state index in [1.165, 1.54) is 16.5 Å². The summed E-state index contributed by atoms with van der Waals surface area (Å²) in [5.41, 5.74) is 6.45. The molecule has 0 aliphatic carbocycles. The zero-order chi connectivity index (χ0) is 18.3. The third-order valence-corrected chi connectivity index (χ3v) is 7.11. The topological polar surface area (TPSA) is 69.9 Å². The molecule has 3 heterocycles. The maximum Gasteiger partial charge on any atom is 0.0815 e. The highest BCUT2D eigenvalue weighted by Crippen LogP contribution is 2.28. The van der Waals surface area contributed by atoms with E-state index in [4.69, 9.17) is 4.78 Å². The molecule has 2 unspecified atom stereocenters. The molecule has 0 saturated carbocycles. The zero-order valence-corrected chi connectivity index (χ0v) is 16.6. The first-order valence-electron chi connectivity index (χ1n) is 8.70. The molecule has 1 N–H and O–H groups in total. The molecule has 136 valence electrons. The second-order valence-corrected chi connectivity index (χ2v) is 9.96. The molecular weight excluding hydrogens is 364 g/mol. The van der Waals surface area contributed by atoms with E-state index in [0.717, 1.165) is 42.7 Å². The van der Waals surface area contributed by atoms with Crippen LogP contribution in [0.2, 0.25) is 0 Å². The molecule has 0 spiro atoms. The van der Waals surface area contributed by atoms with Crippen LogP contribution in [0.5, 0.6) is 0 Å². The Hall–Kier alpha value is -1.83. The maximum absolute atomic E-state index is 12.0. The fourth-order valence-corrected chi connectivity index (χ4v) is 4.81. The van der Waals surface area contributed by atoms with E-state index in [0.29, 0.717) is 10.9 Å². The number of hydrogen-bond donors (Lipinski definition) is 1. The molecule has 26 heavy (non-hydrogen) atoms. The Kier molecular flexibility index (Phi) is 4.54. The quantitative estimate of drug-likeness (QED) is 0.741. The van der Waals surface area contributed by atoms with Crippen molar-refractivity contribution in [3.63, 3.8) is 0 Å². The summed E-state index contributed by atoms with van der Waals surface area (Å²) in [6.45, 7) is 4.11. The average Bonchev–Trinajstić information content (AvgIpc) is 2.98. The highest BCUT2D eigenvalue weighted by Gasteiger charge is 2.21. The summed E-state index contributed by atoms with van der Waals surface area (Å²) in [6.07, 6.45) is 4.82. The lowest BCUT2D eigenvalue weighted by Gasteiger charge is -2.27. The molecule has 0 amide bonds. The average molecular weight is 387 g/mol. The largest absolute Gasteiger partial charge is 0.296 e. The lowest BCUT2D eigenvalue weighted by Crippen LogP contribution is -2.29. The molecule has 1 aromatic carbocycles. The first-order valence-corrected chi connectivity index (χ1v) is 11.6.